The number of hydrazine groups is 1. The third-order valence-electron chi connectivity index (χ3n) is 2.45. The van der Waals surface area contributed by atoms with Crippen LogP contribution in [-0.4, -0.2) is 13.2 Å². The predicted molar refractivity (Wildman–Crippen MR) is 62.4 cm³/mol. The van der Waals surface area contributed by atoms with E-state index >= 15 is 0 Å². The van der Waals surface area contributed by atoms with Gasteiger partial charge in [0.25, 0.3) is 0 Å². The lowest BCUT2D eigenvalue weighted by Gasteiger charge is -2.16. The maximum Gasteiger partial charge on any atom is 0.0694 e. The number of benzene rings is 1. The monoisotopic (exact) mass is 208 g/mol. The van der Waals surface area contributed by atoms with E-state index in [-0.39, 0.29) is 6.04 Å². The topological polar surface area (TPSA) is 47.3 Å². The number of hydrogen-bond donors (Lipinski definition) is 2. The highest BCUT2D eigenvalue weighted by Crippen LogP contribution is 2.14. The van der Waals surface area contributed by atoms with Crippen molar-refractivity contribution in [1.82, 2.24) is 5.43 Å². The highest BCUT2D eigenvalue weighted by molar-refractivity contribution is 5.26. The fourth-order valence-corrected chi connectivity index (χ4v) is 1.51. The van der Waals surface area contributed by atoms with Gasteiger partial charge in [-0.05, 0) is 24.5 Å². The Kier molecular flexibility index (Phi) is 5.32. The minimum atomic E-state index is 0.0800. The molecule has 0 heterocycles. The lowest BCUT2D eigenvalue weighted by Crippen LogP contribution is -2.31. The van der Waals surface area contributed by atoms with Crippen LogP contribution in [0.4, 0.5) is 0 Å². The largest absolute Gasteiger partial charge is 0.380 e. The van der Waals surface area contributed by atoms with Crippen LogP contribution in [0.25, 0.3) is 0 Å². The van der Waals surface area contributed by atoms with E-state index < -0.39 is 0 Å². The molecule has 1 unspecified atom stereocenters. The highest BCUT2D eigenvalue weighted by atomic mass is 16.5. The number of rotatable bonds is 6. The fourth-order valence-electron chi connectivity index (χ4n) is 1.51. The molecule has 84 valence electrons. The van der Waals surface area contributed by atoms with Crippen molar-refractivity contribution in [3.8, 4) is 0 Å². The molecule has 0 amide bonds. The molecule has 0 aliphatic rings. The molecule has 3 N–H and O–H groups in total. The summed E-state index contributed by atoms with van der Waals surface area (Å²) in [5, 5.41) is 0. The van der Waals surface area contributed by atoms with Gasteiger partial charge in [0, 0.05) is 6.61 Å². The van der Waals surface area contributed by atoms with Gasteiger partial charge in [-0.2, -0.15) is 0 Å². The van der Waals surface area contributed by atoms with Crippen LogP contribution in [0.5, 0.6) is 0 Å². The molecule has 1 rings (SSSR count). The van der Waals surface area contributed by atoms with Gasteiger partial charge in [0.15, 0.2) is 0 Å². The molecule has 15 heavy (non-hydrogen) atoms. The Morgan fingerprint density at radius 1 is 1.40 bits per heavy atom. The van der Waals surface area contributed by atoms with Crippen LogP contribution in [0, 0.1) is 0 Å². The van der Waals surface area contributed by atoms with Crippen LogP contribution in [-0.2, 0) is 11.2 Å². The molecular weight excluding hydrogens is 188 g/mol. The minimum Gasteiger partial charge on any atom is -0.380 e. The summed E-state index contributed by atoms with van der Waals surface area (Å²) >= 11 is 0. The van der Waals surface area contributed by atoms with Crippen LogP contribution in [0.1, 0.15) is 31.0 Å². The molecule has 0 bridgehead atoms. The van der Waals surface area contributed by atoms with Gasteiger partial charge in [-0.25, -0.2) is 0 Å². The molecule has 0 aliphatic carbocycles. The number of nitrogens with two attached hydrogens (primary N) is 1. The summed E-state index contributed by atoms with van der Waals surface area (Å²) in [6, 6.07) is 8.51. The maximum atomic E-state index is 5.51. The van der Waals surface area contributed by atoms with E-state index in [0.717, 1.165) is 6.42 Å². The minimum absolute atomic E-state index is 0.0800. The van der Waals surface area contributed by atoms with Crippen molar-refractivity contribution >= 4 is 0 Å². The van der Waals surface area contributed by atoms with E-state index in [1.165, 1.54) is 11.1 Å². The summed E-state index contributed by atoms with van der Waals surface area (Å²) < 4.78 is 5.37. The lowest BCUT2D eigenvalue weighted by atomic mass is 10.0. The number of aryl methyl sites for hydroxylation is 1. The van der Waals surface area contributed by atoms with Crippen molar-refractivity contribution in [2.45, 2.75) is 26.3 Å². The van der Waals surface area contributed by atoms with Gasteiger partial charge >= 0.3 is 0 Å². The normalized spacial score (nSPS) is 12.7. The van der Waals surface area contributed by atoms with Crippen molar-refractivity contribution in [3.63, 3.8) is 0 Å². The van der Waals surface area contributed by atoms with Gasteiger partial charge in [-0.3, -0.25) is 11.3 Å². The average molecular weight is 208 g/mol. The summed E-state index contributed by atoms with van der Waals surface area (Å²) in [5.74, 6) is 5.51. The predicted octanol–water partition coefficient (Wildman–Crippen LogP) is 1.79. The zero-order valence-electron chi connectivity index (χ0n) is 9.49. The van der Waals surface area contributed by atoms with Gasteiger partial charge in [-0.1, -0.05) is 31.2 Å². The van der Waals surface area contributed by atoms with Gasteiger partial charge < -0.3 is 4.74 Å². The molecule has 0 fully saturated rings. The fraction of sp³-hybridized carbons (Fsp3) is 0.500. The Morgan fingerprint density at radius 2 is 2.20 bits per heavy atom. The zero-order valence-corrected chi connectivity index (χ0v) is 9.49. The molecule has 0 spiro atoms. The van der Waals surface area contributed by atoms with Crippen LogP contribution < -0.4 is 11.3 Å². The second kappa shape index (κ2) is 6.56. The summed E-state index contributed by atoms with van der Waals surface area (Å²) in [4.78, 5) is 0. The van der Waals surface area contributed by atoms with Gasteiger partial charge in [0.1, 0.15) is 0 Å². The third kappa shape index (κ3) is 3.63. The van der Waals surface area contributed by atoms with Crippen LogP contribution in [0.15, 0.2) is 24.3 Å². The van der Waals surface area contributed by atoms with Crippen molar-refractivity contribution in [1.29, 1.82) is 0 Å². The Labute approximate surface area is 91.6 Å². The molecule has 1 aromatic rings. The smallest absolute Gasteiger partial charge is 0.0694 e. The van der Waals surface area contributed by atoms with E-state index in [0.29, 0.717) is 13.2 Å². The Hall–Kier alpha value is -0.900. The van der Waals surface area contributed by atoms with Gasteiger partial charge in [0.05, 0.1) is 12.6 Å². The zero-order chi connectivity index (χ0) is 11.1. The van der Waals surface area contributed by atoms with Crippen molar-refractivity contribution in [2.24, 2.45) is 5.84 Å². The van der Waals surface area contributed by atoms with Crippen LogP contribution in [0.3, 0.4) is 0 Å². The second-order valence-corrected chi connectivity index (χ2v) is 3.48. The summed E-state index contributed by atoms with van der Waals surface area (Å²) in [5.41, 5.74) is 5.29. The standard InChI is InChI=1S/C12H20N2O/c1-3-10-6-5-7-11(8-10)12(14-13)9-15-4-2/h5-8,12,14H,3-4,9,13H2,1-2H3. The molecule has 3 nitrogen and oxygen atoms in total. The summed E-state index contributed by atoms with van der Waals surface area (Å²) in [6.07, 6.45) is 1.04. The van der Waals surface area contributed by atoms with E-state index in [4.69, 9.17) is 10.6 Å². The average Bonchev–Trinajstić information content (AvgIpc) is 2.30. The highest BCUT2D eigenvalue weighted by Gasteiger charge is 2.09. The van der Waals surface area contributed by atoms with Crippen LogP contribution >= 0.6 is 0 Å². The second-order valence-electron chi connectivity index (χ2n) is 3.48. The van der Waals surface area contributed by atoms with E-state index in [2.05, 4.69) is 36.6 Å². The van der Waals surface area contributed by atoms with Gasteiger partial charge in [-0.15, -0.1) is 0 Å². The van der Waals surface area contributed by atoms with Crippen molar-refractivity contribution < 1.29 is 4.74 Å². The molecule has 0 aromatic heterocycles. The first-order valence-corrected chi connectivity index (χ1v) is 5.44. The first-order valence-electron chi connectivity index (χ1n) is 5.44. The molecule has 1 atom stereocenters. The van der Waals surface area contributed by atoms with Crippen molar-refractivity contribution in [2.75, 3.05) is 13.2 Å². The Morgan fingerprint density at radius 3 is 2.80 bits per heavy atom. The summed E-state index contributed by atoms with van der Waals surface area (Å²) in [6.45, 7) is 5.45. The number of nitrogens with one attached hydrogen (secondary N) is 1. The van der Waals surface area contributed by atoms with Crippen molar-refractivity contribution in [3.05, 3.63) is 35.4 Å². The SMILES string of the molecule is CCOCC(NN)c1cccc(CC)c1. The quantitative estimate of drug-likeness (QED) is 0.553. The molecule has 0 saturated heterocycles. The third-order valence-corrected chi connectivity index (χ3v) is 2.45. The maximum absolute atomic E-state index is 5.51. The molecule has 3 heteroatoms. The van der Waals surface area contributed by atoms with E-state index in [1.807, 2.05) is 6.92 Å². The van der Waals surface area contributed by atoms with Gasteiger partial charge in [0.2, 0.25) is 0 Å². The molecule has 1 aromatic carbocycles. The van der Waals surface area contributed by atoms with E-state index in [9.17, 15) is 0 Å². The Balaban J connectivity index is 2.72. The number of hydrogen-bond acceptors (Lipinski definition) is 3. The summed E-state index contributed by atoms with van der Waals surface area (Å²) in [7, 11) is 0. The van der Waals surface area contributed by atoms with E-state index in [1.54, 1.807) is 0 Å². The first kappa shape index (κ1) is 12.2. The molecule has 0 saturated carbocycles. The molecular formula is C12H20N2O. The Bertz CT molecular complexity index is 289. The number of ether oxygens (including phenoxy) is 1. The first-order chi connectivity index (χ1) is 7.31. The molecule has 0 aliphatic heterocycles. The van der Waals surface area contributed by atoms with Crippen LogP contribution in [0.2, 0.25) is 0 Å². The lowest BCUT2D eigenvalue weighted by molar-refractivity contribution is 0.123. The molecule has 0 radical (unpaired) electrons.